The quantitative estimate of drug-likeness (QED) is 0.829. The van der Waals surface area contributed by atoms with Crippen LogP contribution in [0.2, 0.25) is 0 Å². The van der Waals surface area contributed by atoms with Crippen molar-refractivity contribution in [3.8, 4) is 0 Å². The summed E-state index contributed by atoms with van der Waals surface area (Å²) >= 11 is 1.42. The molecule has 20 heavy (non-hydrogen) atoms. The lowest BCUT2D eigenvalue weighted by atomic mass is 10.1. The van der Waals surface area contributed by atoms with E-state index >= 15 is 0 Å². The molecule has 4 nitrogen and oxygen atoms in total. The molecule has 0 aliphatic heterocycles. The van der Waals surface area contributed by atoms with Gasteiger partial charge in [-0.05, 0) is 24.0 Å². The van der Waals surface area contributed by atoms with E-state index in [-0.39, 0.29) is 12.5 Å². The van der Waals surface area contributed by atoms with Gasteiger partial charge in [0, 0.05) is 6.20 Å². The van der Waals surface area contributed by atoms with E-state index in [1.165, 1.54) is 11.8 Å². The van der Waals surface area contributed by atoms with E-state index in [9.17, 15) is 9.90 Å². The van der Waals surface area contributed by atoms with E-state index in [1.807, 2.05) is 36.6 Å². The summed E-state index contributed by atoms with van der Waals surface area (Å²) in [7, 11) is 0. The van der Waals surface area contributed by atoms with Gasteiger partial charge in [0.15, 0.2) is 0 Å². The van der Waals surface area contributed by atoms with Crippen molar-refractivity contribution in [3.05, 3.63) is 59.8 Å². The monoisotopic (exact) mass is 288 g/mol. The zero-order valence-corrected chi connectivity index (χ0v) is 11.9. The number of thioether (sulfide) groups is 1. The molecule has 1 unspecified atom stereocenters. The van der Waals surface area contributed by atoms with Crippen molar-refractivity contribution in [1.82, 2.24) is 10.3 Å². The number of carbonyl (C=O) groups is 1. The summed E-state index contributed by atoms with van der Waals surface area (Å²) in [6.45, 7) is -0.148. The normalized spacial score (nSPS) is 11.9. The van der Waals surface area contributed by atoms with Crippen LogP contribution in [0.4, 0.5) is 0 Å². The predicted octanol–water partition coefficient (Wildman–Crippen LogP) is 2.27. The predicted molar refractivity (Wildman–Crippen MR) is 79.8 cm³/mol. The summed E-state index contributed by atoms with van der Waals surface area (Å²) in [6, 6.07) is 12.4. The molecule has 0 aliphatic rings. The lowest BCUT2D eigenvalue weighted by molar-refractivity contribution is 0.0912. The van der Waals surface area contributed by atoms with Gasteiger partial charge in [0.25, 0.3) is 5.91 Å². The Kier molecular flexibility index (Phi) is 5.15. The molecular weight excluding hydrogens is 272 g/mol. The van der Waals surface area contributed by atoms with E-state index < -0.39 is 6.04 Å². The van der Waals surface area contributed by atoms with Gasteiger partial charge in [-0.25, -0.2) is 4.98 Å². The van der Waals surface area contributed by atoms with E-state index in [4.69, 9.17) is 0 Å². The third kappa shape index (κ3) is 3.37. The molecular formula is C15H16N2O2S. The number of pyridine rings is 1. The smallest absolute Gasteiger partial charge is 0.254 e. The molecule has 0 radical (unpaired) electrons. The lowest BCUT2D eigenvalue weighted by Crippen LogP contribution is -2.31. The molecule has 2 N–H and O–H groups in total. The second-order valence-corrected chi connectivity index (χ2v) is 4.97. The first-order chi connectivity index (χ1) is 9.76. The summed E-state index contributed by atoms with van der Waals surface area (Å²) in [5.74, 6) is -0.231. The first-order valence-corrected chi connectivity index (χ1v) is 7.44. The number of nitrogens with zero attached hydrogens (tertiary/aromatic N) is 1. The molecule has 0 fully saturated rings. The summed E-state index contributed by atoms with van der Waals surface area (Å²) in [4.78, 5) is 16.5. The molecule has 0 saturated carbocycles. The third-order valence-electron chi connectivity index (χ3n) is 2.90. The first-order valence-electron chi connectivity index (χ1n) is 6.22. The van der Waals surface area contributed by atoms with Crippen LogP contribution in [0.1, 0.15) is 22.0 Å². The van der Waals surface area contributed by atoms with Crippen LogP contribution >= 0.6 is 11.8 Å². The molecule has 0 aliphatic carbocycles. The second-order valence-electron chi connectivity index (χ2n) is 4.18. The fourth-order valence-electron chi connectivity index (χ4n) is 1.88. The maximum absolute atomic E-state index is 12.3. The molecule has 1 atom stereocenters. The number of aliphatic hydroxyl groups excluding tert-OH is 1. The molecule has 104 valence electrons. The zero-order valence-electron chi connectivity index (χ0n) is 11.1. The maximum Gasteiger partial charge on any atom is 0.254 e. The van der Waals surface area contributed by atoms with Crippen LogP contribution in [-0.4, -0.2) is 28.9 Å². The van der Waals surface area contributed by atoms with Crippen LogP contribution in [0.5, 0.6) is 0 Å². The number of aliphatic hydroxyl groups is 1. The van der Waals surface area contributed by atoms with Crippen molar-refractivity contribution < 1.29 is 9.90 Å². The van der Waals surface area contributed by atoms with Gasteiger partial charge >= 0.3 is 0 Å². The Labute approximate surface area is 122 Å². The van der Waals surface area contributed by atoms with Crippen LogP contribution in [0.25, 0.3) is 0 Å². The average molecular weight is 288 g/mol. The first kappa shape index (κ1) is 14.6. The average Bonchev–Trinajstić information content (AvgIpc) is 2.53. The van der Waals surface area contributed by atoms with Gasteiger partial charge in [-0.2, -0.15) is 0 Å². The summed E-state index contributed by atoms with van der Waals surface area (Å²) in [5, 5.41) is 13.0. The minimum absolute atomic E-state index is 0.148. The fraction of sp³-hybridized carbons (Fsp3) is 0.200. The maximum atomic E-state index is 12.3. The highest BCUT2D eigenvalue weighted by atomic mass is 32.2. The number of benzene rings is 1. The van der Waals surface area contributed by atoms with Crippen molar-refractivity contribution >= 4 is 17.7 Å². The van der Waals surface area contributed by atoms with Gasteiger partial charge in [0.1, 0.15) is 5.03 Å². The number of amides is 1. The van der Waals surface area contributed by atoms with Gasteiger partial charge in [-0.15, -0.1) is 11.8 Å². The number of carbonyl (C=O) groups excluding carboxylic acids is 1. The Morgan fingerprint density at radius 1 is 1.30 bits per heavy atom. The zero-order chi connectivity index (χ0) is 14.4. The standard InChI is InChI=1S/C15H16N2O2S/c1-20-15-12(8-5-9-16-15)14(19)17-13(10-18)11-6-3-2-4-7-11/h2-9,13,18H,10H2,1H3,(H,17,19). The Balaban J connectivity index is 2.18. The second kappa shape index (κ2) is 7.07. The highest BCUT2D eigenvalue weighted by molar-refractivity contribution is 7.98. The van der Waals surface area contributed by atoms with Crippen molar-refractivity contribution in [2.75, 3.05) is 12.9 Å². The molecule has 2 aromatic rings. The van der Waals surface area contributed by atoms with Gasteiger partial charge < -0.3 is 10.4 Å². The van der Waals surface area contributed by atoms with Crippen LogP contribution in [0, 0.1) is 0 Å². The summed E-state index contributed by atoms with van der Waals surface area (Å²) in [5.41, 5.74) is 1.40. The van der Waals surface area contributed by atoms with Gasteiger partial charge in [-0.1, -0.05) is 30.3 Å². The molecule has 1 aromatic carbocycles. The fourth-order valence-corrected chi connectivity index (χ4v) is 2.43. The number of hydrogen-bond acceptors (Lipinski definition) is 4. The topological polar surface area (TPSA) is 62.2 Å². The summed E-state index contributed by atoms with van der Waals surface area (Å²) < 4.78 is 0. The van der Waals surface area contributed by atoms with Crippen molar-refractivity contribution in [1.29, 1.82) is 0 Å². The Hall–Kier alpha value is -1.85. The van der Waals surface area contributed by atoms with Crippen molar-refractivity contribution in [2.45, 2.75) is 11.1 Å². The van der Waals surface area contributed by atoms with Gasteiger partial charge in [0.2, 0.25) is 0 Å². The van der Waals surface area contributed by atoms with Crippen LogP contribution < -0.4 is 5.32 Å². The number of nitrogens with one attached hydrogen (secondary N) is 1. The summed E-state index contributed by atoms with van der Waals surface area (Å²) in [6.07, 6.45) is 3.53. The minimum atomic E-state index is -0.418. The molecule has 1 heterocycles. The van der Waals surface area contributed by atoms with Crippen molar-refractivity contribution in [3.63, 3.8) is 0 Å². The molecule has 0 spiro atoms. The lowest BCUT2D eigenvalue weighted by Gasteiger charge is -2.17. The van der Waals surface area contributed by atoms with E-state index in [2.05, 4.69) is 10.3 Å². The SMILES string of the molecule is CSc1ncccc1C(=O)NC(CO)c1ccccc1. The van der Waals surface area contributed by atoms with Crippen LogP contribution in [0.3, 0.4) is 0 Å². The highest BCUT2D eigenvalue weighted by Crippen LogP contribution is 2.18. The number of rotatable bonds is 5. The van der Waals surface area contributed by atoms with Crippen LogP contribution in [0.15, 0.2) is 53.7 Å². The Morgan fingerprint density at radius 3 is 2.70 bits per heavy atom. The third-order valence-corrected chi connectivity index (χ3v) is 3.61. The molecule has 0 bridgehead atoms. The van der Waals surface area contributed by atoms with Gasteiger partial charge in [-0.3, -0.25) is 4.79 Å². The molecule has 2 rings (SSSR count). The number of aromatic nitrogens is 1. The number of hydrogen-bond donors (Lipinski definition) is 2. The Morgan fingerprint density at radius 2 is 2.05 bits per heavy atom. The molecule has 1 aromatic heterocycles. The van der Waals surface area contributed by atoms with E-state index in [0.717, 1.165) is 5.56 Å². The van der Waals surface area contributed by atoms with Crippen molar-refractivity contribution in [2.24, 2.45) is 0 Å². The Bertz CT molecular complexity index is 575. The molecule has 0 saturated heterocycles. The molecule has 5 heteroatoms. The largest absolute Gasteiger partial charge is 0.394 e. The van der Waals surface area contributed by atoms with E-state index in [0.29, 0.717) is 10.6 Å². The highest BCUT2D eigenvalue weighted by Gasteiger charge is 2.17. The van der Waals surface area contributed by atoms with E-state index in [1.54, 1.807) is 18.3 Å². The molecule has 1 amide bonds. The minimum Gasteiger partial charge on any atom is -0.394 e. The van der Waals surface area contributed by atoms with Crippen LogP contribution in [-0.2, 0) is 0 Å². The van der Waals surface area contributed by atoms with Gasteiger partial charge in [0.05, 0.1) is 18.2 Å².